The van der Waals surface area contributed by atoms with Crippen LogP contribution in [0.3, 0.4) is 0 Å². The second-order valence-corrected chi connectivity index (χ2v) is 7.62. The SMILES string of the molecule is CC1(CO)CCN(c2cc(Cl)ncc2C#CC2CCCC2)CC1. The lowest BCUT2D eigenvalue weighted by Gasteiger charge is -2.39. The number of aliphatic hydroxyl groups excluding tert-OH is 1. The number of piperidine rings is 1. The zero-order valence-electron chi connectivity index (χ0n) is 13.8. The van der Waals surface area contributed by atoms with Gasteiger partial charge in [0.2, 0.25) is 0 Å². The van der Waals surface area contributed by atoms with E-state index in [1.807, 2.05) is 6.07 Å². The first-order valence-electron chi connectivity index (χ1n) is 8.62. The van der Waals surface area contributed by atoms with Gasteiger partial charge in [0.15, 0.2) is 0 Å². The Balaban J connectivity index is 1.79. The summed E-state index contributed by atoms with van der Waals surface area (Å²) < 4.78 is 0. The van der Waals surface area contributed by atoms with Gasteiger partial charge in [0.1, 0.15) is 5.15 Å². The molecule has 0 amide bonds. The molecule has 23 heavy (non-hydrogen) atoms. The van der Waals surface area contributed by atoms with Crippen LogP contribution in [0.4, 0.5) is 5.69 Å². The van der Waals surface area contributed by atoms with Gasteiger partial charge in [-0.1, -0.05) is 43.2 Å². The molecule has 0 atom stereocenters. The minimum Gasteiger partial charge on any atom is -0.396 e. The van der Waals surface area contributed by atoms with Gasteiger partial charge in [0, 0.05) is 37.9 Å². The summed E-state index contributed by atoms with van der Waals surface area (Å²) in [4.78, 5) is 6.56. The fraction of sp³-hybridized carbons (Fsp3) is 0.632. The molecule has 1 aromatic rings. The first-order valence-corrected chi connectivity index (χ1v) is 9.00. The summed E-state index contributed by atoms with van der Waals surface area (Å²) in [5, 5.41) is 10.1. The van der Waals surface area contributed by atoms with Crippen molar-refractivity contribution < 1.29 is 5.11 Å². The summed E-state index contributed by atoms with van der Waals surface area (Å²) in [6, 6.07) is 1.93. The van der Waals surface area contributed by atoms with E-state index in [0.29, 0.717) is 11.1 Å². The Kier molecular flexibility index (Phi) is 5.14. The van der Waals surface area contributed by atoms with Gasteiger partial charge in [-0.25, -0.2) is 4.98 Å². The highest BCUT2D eigenvalue weighted by Crippen LogP contribution is 2.34. The molecule has 1 aliphatic heterocycles. The topological polar surface area (TPSA) is 36.4 Å². The van der Waals surface area contributed by atoms with Gasteiger partial charge in [0.05, 0.1) is 11.3 Å². The molecule has 2 heterocycles. The highest BCUT2D eigenvalue weighted by atomic mass is 35.5. The Morgan fingerprint density at radius 2 is 2.04 bits per heavy atom. The predicted octanol–water partition coefficient (Wildman–Crippen LogP) is 3.88. The van der Waals surface area contributed by atoms with E-state index in [9.17, 15) is 5.11 Å². The maximum Gasteiger partial charge on any atom is 0.131 e. The van der Waals surface area contributed by atoms with Crippen molar-refractivity contribution in [2.45, 2.75) is 45.4 Å². The largest absolute Gasteiger partial charge is 0.396 e. The van der Waals surface area contributed by atoms with Crippen molar-refractivity contribution >= 4 is 17.3 Å². The van der Waals surface area contributed by atoms with Crippen LogP contribution in [-0.2, 0) is 0 Å². The molecule has 0 aromatic carbocycles. The monoisotopic (exact) mass is 332 g/mol. The molecule has 124 valence electrons. The Hall–Kier alpha value is -1.24. The third-order valence-electron chi connectivity index (χ3n) is 5.31. The molecular formula is C19H25ClN2O. The molecule has 1 aliphatic carbocycles. The number of aromatic nitrogens is 1. The van der Waals surface area contributed by atoms with E-state index in [4.69, 9.17) is 11.6 Å². The summed E-state index contributed by atoms with van der Waals surface area (Å²) in [7, 11) is 0. The molecule has 0 radical (unpaired) electrons. The lowest BCUT2D eigenvalue weighted by atomic mass is 9.81. The lowest BCUT2D eigenvalue weighted by Crippen LogP contribution is -2.40. The summed E-state index contributed by atoms with van der Waals surface area (Å²) in [5.41, 5.74) is 2.12. The van der Waals surface area contributed by atoms with Crippen LogP contribution in [0.5, 0.6) is 0 Å². The van der Waals surface area contributed by atoms with Gasteiger partial charge in [-0.05, 0) is 31.1 Å². The van der Waals surface area contributed by atoms with E-state index >= 15 is 0 Å². The quantitative estimate of drug-likeness (QED) is 0.659. The zero-order chi connectivity index (χ0) is 16.3. The van der Waals surface area contributed by atoms with E-state index in [0.717, 1.165) is 37.2 Å². The highest BCUT2D eigenvalue weighted by Gasteiger charge is 2.30. The number of pyridine rings is 1. The fourth-order valence-corrected chi connectivity index (χ4v) is 3.63. The summed E-state index contributed by atoms with van der Waals surface area (Å²) in [6.07, 6.45) is 8.83. The Morgan fingerprint density at radius 3 is 2.70 bits per heavy atom. The Labute approximate surface area is 144 Å². The van der Waals surface area contributed by atoms with E-state index in [2.05, 4.69) is 28.6 Å². The molecule has 3 rings (SSSR count). The van der Waals surface area contributed by atoms with Crippen LogP contribution in [0.1, 0.15) is 51.0 Å². The van der Waals surface area contributed by atoms with E-state index in [1.165, 1.54) is 25.7 Å². The molecule has 0 unspecified atom stereocenters. The van der Waals surface area contributed by atoms with Crippen molar-refractivity contribution in [1.29, 1.82) is 0 Å². The van der Waals surface area contributed by atoms with Crippen LogP contribution in [0.25, 0.3) is 0 Å². The molecule has 4 heteroatoms. The summed E-state index contributed by atoms with van der Waals surface area (Å²) >= 11 is 6.12. The molecule has 1 saturated carbocycles. The molecule has 1 saturated heterocycles. The van der Waals surface area contributed by atoms with Crippen molar-refractivity contribution in [2.75, 3.05) is 24.6 Å². The van der Waals surface area contributed by atoms with Crippen LogP contribution in [-0.4, -0.2) is 29.8 Å². The number of anilines is 1. The van der Waals surface area contributed by atoms with Crippen LogP contribution in [0, 0.1) is 23.2 Å². The smallest absolute Gasteiger partial charge is 0.131 e. The van der Waals surface area contributed by atoms with Crippen molar-refractivity contribution in [1.82, 2.24) is 4.98 Å². The Morgan fingerprint density at radius 1 is 1.35 bits per heavy atom. The number of aliphatic hydroxyl groups is 1. The first-order chi connectivity index (χ1) is 11.1. The number of nitrogens with zero attached hydrogens (tertiary/aromatic N) is 2. The molecule has 2 fully saturated rings. The number of halogens is 1. The van der Waals surface area contributed by atoms with Gasteiger partial charge in [0.25, 0.3) is 0 Å². The number of hydrogen-bond donors (Lipinski definition) is 1. The van der Waals surface area contributed by atoms with Crippen molar-refractivity contribution in [3.63, 3.8) is 0 Å². The highest BCUT2D eigenvalue weighted by molar-refractivity contribution is 6.29. The van der Waals surface area contributed by atoms with E-state index in [1.54, 1.807) is 6.20 Å². The molecule has 2 aliphatic rings. The third kappa shape index (κ3) is 4.00. The maximum atomic E-state index is 9.54. The normalized spacial score (nSPS) is 21.1. The van der Waals surface area contributed by atoms with Gasteiger partial charge in [-0.2, -0.15) is 0 Å². The fourth-order valence-electron chi connectivity index (χ4n) is 3.47. The van der Waals surface area contributed by atoms with Crippen LogP contribution in [0.15, 0.2) is 12.3 Å². The molecule has 1 N–H and O–H groups in total. The molecule has 1 aromatic heterocycles. The average molecular weight is 333 g/mol. The summed E-state index contributed by atoms with van der Waals surface area (Å²) in [5.74, 6) is 7.32. The summed E-state index contributed by atoms with van der Waals surface area (Å²) in [6.45, 7) is 4.27. The van der Waals surface area contributed by atoms with Crippen LogP contribution >= 0.6 is 11.6 Å². The number of hydrogen-bond acceptors (Lipinski definition) is 3. The van der Waals surface area contributed by atoms with Crippen LogP contribution < -0.4 is 4.90 Å². The first kappa shape index (κ1) is 16.6. The average Bonchev–Trinajstić information content (AvgIpc) is 3.08. The van der Waals surface area contributed by atoms with E-state index < -0.39 is 0 Å². The molecule has 3 nitrogen and oxygen atoms in total. The minimum absolute atomic E-state index is 0.0447. The van der Waals surface area contributed by atoms with Crippen molar-refractivity contribution in [2.24, 2.45) is 11.3 Å². The molecule has 0 spiro atoms. The third-order valence-corrected chi connectivity index (χ3v) is 5.51. The van der Waals surface area contributed by atoms with Gasteiger partial charge in [-0.15, -0.1) is 0 Å². The lowest BCUT2D eigenvalue weighted by molar-refractivity contribution is 0.115. The van der Waals surface area contributed by atoms with Gasteiger partial charge in [-0.3, -0.25) is 0 Å². The van der Waals surface area contributed by atoms with E-state index in [-0.39, 0.29) is 12.0 Å². The van der Waals surface area contributed by atoms with Crippen molar-refractivity contribution in [3.8, 4) is 11.8 Å². The van der Waals surface area contributed by atoms with Gasteiger partial charge >= 0.3 is 0 Å². The maximum absolute atomic E-state index is 9.54. The standard InChI is InChI=1S/C19H25ClN2O/c1-19(14-23)8-10-22(11-9-19)17-12-18(20)21-13-16(17)7-6-15-4-2-3-5-15/h12-13,15,23H,2-5,8-11,14H2,1H3. The predicted molar refractivity (Wildman–Crippen MR) is 94.7 cm³/mol. The Bertz CT molecular complexity index is 606. The van der Waals surface area contributed by atoms with Gasteiger partial charge < -0.3 is 10.0 Å². The molecular weight excluding hydrogens is 308 g/mol. The molecule has 0 bridgehead atoms. The second-order valence-electron chi connectivity index (χ2n) is 7.23. The second kappa shape index (κ2) is 7.11. The van der Waals surface area contributed by atoms with Crippen molar-refractivity contribution in [3.05, 3.63) is 23.0 Å². The number of rotatable bonds is 2. The zero-order valence-corrected chi connectivity index (χ0v) is 14.6. The van der Waals surface area contributed by atoms with Crippen LogP contribution in [0.2, 0.25) is 5.15 Å². The minimum atomic E-state index is 0.0447.